The van der Waals surface area contributed by atoms with Gasteiger partial charge in [-0.1, -0.05) is 78.9 Å². The normalized spacial score (nSPS) is 19.2. The zero-order chi connectivity index (χ0) is 18.6. The maximum Gasteiger partial charge on any atom is 0.122 e. The molecular formula is C25H25NO. The monoisotopic (exact) mass is 355 g/mol. The number of hydrogen-bond donors (Lipinski definition) is 0. The van der Waals surface area contributed by atoms with E-state index in [-0.39, 0.29) is 18.2 Å². The van der Waals surface area contributed by atoms with E-state index < -0.39 is 0 Å². The van der Waals surface area contributed by atoms with Crippen LogP contribution < -0.4 is 4.90 Å². The molecule has 4 rings (SSSR count). The Hall–Kier alpha value is -3.00. The Kier molecular flexibility index (Phi) is 4.97. The number of rotatable bonds is 5. The molecule has 0 saturated carbocycles. The maximum absolute atomic E-state index is 6.30. The predicted octanol–water partition coefficient (Wildman–Crippen LogP) is 6.30. The summed E-state index contributed by atoms with van der Waals surface area (Å²) in [5.41, 5.74) is 3.70. The van der Waals surface area contributed by atoms with Crippen molar-refractivity contribution in [3.8, 4) is 0 Å². The number of hydrogen-bond acceptors (Lipinski definition) is 2. The first kappa shape index (κ1) is 17.4. The van der Waals surface area contributed by atoms with E-state index in [0.29, 0.717) is 0 Å². The third kappa shape index (κ3) is 3.61. The number of para-hydroxylation sites is 1. The summed E-state index contributed by atoms with van der Waals surface area (Å²) in [6.45, 7) is 4.18. The molecule has 1 aliphatic heterocycles. The van der Waals surface area contributed by atoms with Crippen molar-refractivity contribution in [2.45, 2.75) is 32.0 Å². The quantitative estimate of drug-likeness (QED) is 0.532. The fourth-order valence-electron chi connectivity index (χ4n) is 3.78. The second-order valence-electron chi connectivity index (χ2n) is 7.15. The van der Waals surface area contributed by atoms with Gasteiger partial charge in [-0.15, -0.1) is 0 Å². The van der Waals surface area contributed by atoms with Gasteiger partial charge in [0.25, 0.3) is 0 Å². The van der Waals surface area contributed by atoms with Crippen LogP contribution >= 0.6 is 0 Å². The number of ether oxygens (including phenoxy) is 1. The van der Waals surface area contributed by atoms with Crippen LogP contribution in [0.4, 0.5) is 5.69 Å². The highest BCUT2D eigenvalue weighted by Crippen LogP contribution is 2.46. The number of anilines is 1. The van der Waals surface area contributed by atoms with Crippen molar-refractivity contribution in [1.82, 2.24) is 0 Å². The lowest BCUT2D eigenvalue weighted by molar-refractivity contribution is 0.136. The zero-order valence-electron chi connectivity index (χ0n) is 15.8. The van der Waals surface area contributed by atoms with Gasteiger partial charge in [-0.05, 0) is 43.2 Å². The van der Waals surface area contributed by atoms with Crippen LogP contribution in [0.5, 0.6) is 0 Å². The summed E-state index contributed by atoms with van der Waals surface area (Å²) in [6, 6.07) is 32.1. The van der Waals surface area contributed by atoms with Crippen LogP contribution in [0.3, 0.4) is 0 Å². The molecule has 1 heterocycles. The molecule has 2 nitrogen and oxygen atoms in total. The Morgan fingerprint density at radius 3 is 1.78 bits per heavy atom. The SMILES string of the molecule is CC(C)OC1=CC(c2ccccc2)N(c2ccccc2)C1c1ccccc1. The molecule has 3 aromatic carbocycles. The summed E-state index contributed by atoms with van der Waals surface area (Å²) in [5.74, 6) is 1.02. The van der Waals surface area contributed by atoms with E-state index >= 15 is 0 Å². The van der Waals surface area contributed by atoms with Crippen molar-refractivity contribution in [1.29, 1.82) is 0 Å². The standard InChI is InChI=1S/C25H25NO/c1-19(2)27-24-18-23(20-12-6-3-7-13-20)26(22-16-10-5-11-17-22)25(24)21-14-8-4-9-15-21/h3-19,23,25H,1-2H3. The molecule has 1 aliphatic rings. The van der Waals surface area contributed by atoms with E-state index in [2.05, 4.69) is 116 Å². The van der Waals surface area contributed by atoms with Crippen LogP contribution in [0, 0.1) is 0 Å². The Labute approximate surface area is 161 Å². The molecule has 2 atom stereocenters. The lowest BCUT2D eigenvalue weighted by atomic mass is 10.0. The highest BCUT2D eigenvalue weighted by molar-refractivity contribution is 5.58. The Morgan fingerprint density at radius 1 is 0.704 bits per heavy atom. The minimum absolute atomic E-state index is 0.0567. The van der Waals surface area contributed by atoms with Gasteiger partial charge in [-0.3, -0.25) is 0 Å². The van der Waals surface area contributed by atoms with Crippen LogP contribution in [-0.4, -0.2) is 6.10 Å². The summed E-state index contributed by atoms with van der Waals surface area (Å²) in [6.07, 6.45) is 2.41. The van der Waals surface area contributed by atoms with Gasteiger partial charge in [0.05, 0.1) is 12.1 Å². The first-order valence-electron chi connectivity index (χ1n) is 9.55. The fourth-order valence-corrected chi connectivity index (χ4v) is 3.78. The molecule has 0 spiro atoms. The minimum Gasteiger partial charge on any atom is -0.493 e. The molecule has 0 aromatic heterocycles. The van der Waals surface area contributed by atoms with E-state index in [1.54, 1.807) is 0 Å². The first-order chi connectivity index (χ1) is 13.2. The van der Waals surface area contributed by atoms with Gasteiger partial charge in [0, 0.05) is 5.69 Å². The van der Waals surface area contributed by atoms with E-state index in [0.717, 1.165) is 5.76 Å². The van der Waals surface area contributed by atoms with E-state index in [4.69, 9.17) is 4.74 Å². The summed E-state index contributed by atoms with van der Waals surface area (Å²) in [5, 5.41) is 0. The molecule has 2 unspecified atom stereocenters. The lowest BCUT2D eigenvalue weighted by Crippen LogP contribution is -2.28. The van der Waals surface area contributed by atoms with E-state index in [9.17, 15) is 0 Å². The summed E-state index contributed by atoms with van der Waals surface area (Å²) < 4.78 is 6.30. The van der Waals surface area contributed by atoms with Gasteiger partial charge < -0.3 is 9.64 Å². The van der Waals surface area contributed by atoms with Crippen LogP contribution in [0.25, 0.3) is 0 Å². The zero-order valence-corrected chi connectivity index (χ0v) is 15.8. The topological polar surface area (TPSA) is 12.5 Å². The molecule has 0 radical (unpaired) electrons. The predicted molar refractivity (Wildman–Crippen MR) is 112 cm³/mol. The van der Waals surface area contributed by atoms with Crippen molar-refractivity contribution in [2.75, 3.05) is 4.90 Å². The summed E-state index contributed by atoms with van der Waals surface area (Å²) in [4.78, 5) is 2.46. The second-order valence-corrected chi connectivity index (χ2v) is 7.15. The maximum atomic E-state index is 6.30. The van der Waals surface area contributed by atoms with E-state index in [1.807, 2.05) is 0 Å². The van der Waals surface area contributed by atoms with Gasteiger partial charge in [0.15, 0.2) is 0 Å². The highest BCUT2D eigenvalue weighted by Gasteiger charge is 2.38. The lowest BCUT2D eigenvalue weighted by Gasteiger charge is -2.34. The molecular weight excluding hydrogens is 330 g/mol. The Morgan fingerprint density at radius 2 is 1.22 bits per heavy atom. The molecule has 2 heteroatoms. The third-order valence-electron chi connectivity index (χ3n) is 4.85. The average molecular weight is 355 g/mol. The molecule has 27 heavy (non-hydrogen) atoms. The summed E-state index contributed by atoms with van der Waals surface area (Å²) in [7, 11) is 0. The van der Waals surface area contributed by atoms with Crippen LogP contribution in [0.15, 0.2) is 103 Å². The Bertz CT molecular complexity index is 887. The minimum atomic E-state index is 0.0567. The highest BCUT2D eigenvalue weighted by atomic mass is 16.5. The second kappa shape index (κ2) is 7.71. The van der Waals surface area contributed by atoms with Crippen LogP contribution in [0.1, 0.15) is 37.1 Å². The number of benzene rings is 3. The van der Waals surface area contributed by atoms with Crippen molar-refractivity contribution >= 4 is 5.69 Å². The van der Waals surface area contributed by atoms with Crippen molar-refractivity contribution in [3.63, 3.8) is 0 Å². The van der Waals surface area contributed by atoms with Gasteiger partial charge in [-0.2, -0.15) is 0 Å². The Balaban J connectivity index is 1.85. The molecule has 136 valence electrons. The van der Waals surface area contributed by atoms with Crippen LogP contribution in [0.2, 0.25) is 0 Å². The van der Waals surface area contributed by atoms with Gasteiger partial charge in [-0.25, -0.2) is 0 Å². The van der Waals surface area contributed by atoms with E-state index in [1.165, 1.54) is 16.8 Å². The van der Waals surface area contributed by atoms with Gasteiger partial charge in [0.2, 0.25) is 0 Å². The average Bonchev–Trinajstić information content (AvgIpc) is 3.08. The smallest absolute Gasteiger partial charge is 0.122 e. The van der Waals surface area contributed by atoms with Gasteiger partial charge in [0.1, 0.15) is 11.8 Å². The van der Waals surface area contributed by atoms with Crippen LogP contribution in [-0.2, 0) is 4.74 Å². The molecule has 0 saturated heterocycles. The largest absolute Gasteiger partial charge is 0.493 e. The van der Waals surface area contributed by atoms with Crippen molar-refractivity contribution < 1.29 is 4.74 Å². The molecule has 0 amide bonds. The van der Waals surface area contributed by atoms with Crippen molar-refractivity contribution in [3.05, 3.63) is 114 Å². The summed E-state index contributed by atoms with van der Waals surface area (Å²) >= 11 is 0. The molecule has 0 bridgehead atoms. The third-order valence-corrected chi connectivity index (χ3v) is 4.85. The first-order valence-corrected chi connectivity index (χ1v) is 9.55. The number of nitrogens with zero attached hydrogens (tertiary/aromatic N) is 1. The molecule has 0 N–H and O–H groups in total. The molecule has 0 aliphatic carbocycles. The molecule has 0 fully saturated rings. The van der Waals surface area contributed by atoms with Crippen molar-refractivity contribution in [2.24, 2.45) is 0 Å². The molecule has 3 aromatic rings. The van der Waals surface area contributed by atoms with Gasteiger partial charge >= 0.3 is 0 Å². The fraction of sp³-hybridized carbons (Fsp3) is 0.200.